The van der Waals surface area contributed by atoms with Gasteiger partial charge < -0.3 is 16.2 Å². The molecule has 96 valence electrons. The van der Waals surface area contributed by atoms with Crippen molar-refractivity contribution in [3.8, 4) is 5.88 Å². The summed E-state index contributed by atoms with van der Waals surface area (Å²) in [4.78, 5) is 2.00. The average Bonchev–Trinajstić information content (AvgIpc) is 1.94. The third-order valence-corrected chi connectivity index (χ3v) is 2.81. The zero-order valence-corrected chi connectivity index (χ0v) is 9.40. The molecule has 17 heavy (non-hydrogen) atoms. The van der Waals surface area contributed by atoms with E-state index in [2.05, 4.69) is 9.72 Å². The van der Waals surface area contributed by atoms with E-state index >= 15 is 0 Å². The Labute approximate surface area is 97.7 Å². The Morgan fingerprint density at radius 1 is 1.35 bits per heavy atom. The molecule has 1 rings (SSSR count). The summed E-state index contributed by atoms with van der Waals surface area (Å²) < 4.78 is 61.4. The van der Waals surface area contributed by atoms with Crippen LogP contribution in [0.25, 0.3) is 0 Å². The molecule has 6 nitrogen and oxygen atoms in total. The summed E-state index contributed by atoms with van der Waals surface area (Å²) in [6, 6.07) is 0.846. The first-order chi connectivity index (χ1) is 7.50. The fraction of sp³-hybridized carbons (Fsp3) is 0.167. The van der Waals surface area contributed by atoms with Crippen LogP contribution in [0.3, 0.4) is 0 Å². The Bertz CT molecular complexity index is 545. The second-order valence-electron chi connectivity index (χ2n) is 2.76. The summed E-state index contributed by atoms with van der Waals surface area (Å²) in [5.74, 6) is -1.75. The maximum absolute atomic E-state index is 12.0. The Balaban J connectivity index is 3.47. The van der Waals surface area contributed by atoms with Crippen molar-refractivity contribution in [1.82, 2.24) is 4.98 Å². The summed E-state index contributed by atoms with van der Waals surface area (Å²) in [6.45, 7) is 0. The predicted octanol–water partition coefficient (Wildman–Crippen LogP) is 1.07. The van der Waals surface area contributed by atoms with Gasteiger partial charge in [0.15, 0.2) is 4.90 Å². The lowest BCUT2D eigenvalue weighted by Gasteiger charge is -2.12. The van der Waals surface area contributed by atoms with E-state index in [1.165, 1.54) is 0 Å². The number of hydrogen-bond donors (Lipinski definition) is 2. The van der Waals surface area contributed by atoms with Crippen molar-refractivity contribution in [2.45, 2.75) is 11.3 Å². The van der Waals surface area contributed by atoms with Crippen molar-refractivity contribution in [3.05, 3.63) is 6.07 Å². The highest BCUT2D eigenvalue weighted by atomic mass is 35.7. The van der Waals surface area contributed by atoms with Crippen molar-refractivity contribution in [1.29, 1.82) is 0 Å². The number of nitrogen functional groups attached to an aromatic ring is 2. The normalized spacial score (nSPS) is 12.5. The number of anilines is 2. The summed E-state index contributed by atoms with van der Waals surface area (Å²) in [5.41, 5.74) is 9.72. The van der Waals surface area contributed by atoms with Gasteiger partial charge in [0.25, 0.3) is 9.05 Å². The van der Waals surface area contributed by atoms with Crippen LogP contribution in [0.1, 0.15) is 0 Å². The number of hydrogen-bond acceptors (Lipinski definition) is 6. The molecule has 0 unspecified atom stereocenters. The van der Waals surface area contributed by atoms with Gasteiger partial charge in [-0.3, -0.25) is 0 Å². The van der Waals surface area contributed by atoms with Crippen LogP contribution >= 0.6 is 10.7 Å². The third-order valence-electron chi connectivity index (χ3n) is 1.45. The van der Waals surface area contributed by atoms with Crippen LogP contribution in [0.4, 0.5) is 24.7 Å². The first kappa shape index (κ1) is 13.6. The molecule has 0 fully saturated rings. The number of alkyl halides is 3. The topological polar surface area (TPSA) is 108 Å². The lowest BCUT2D eigenvalue weighted by Crippen LogP contribution is -2.20. The molecule has 0 aliphatic heterocycles. The van der Waals surface area contributed by atoms with Crippen LogP contribution in [0.15, 0.2) is 11.0 Å². The minimum absolute atomic E-state index is 0.439. The largest absolute Gasteiger partial charge is 0.574 e. The highest BCUT2D eigenvalue weighted by molar-refractivity contribution is 8.14. The Morgan fingerprint density at radius 3 is 2.29 bits per heavy atom. The van der Waals surface area contributed by atoms with Gasteiger partial charge in [-0.25, -0.2) is 8.42 Å². The van der Waals surface area contributed by atoms with Crippen molar-refractivity contribution >= 4 is 31.2 Å². The lowest BCUT2D eigenvalue weighted by atomic mass is 10.4. The molecule has 1 aromatic heterocycles. The molecule has 0 spiro atoms. The summed E-state index contributed by atoms with van der Waals surface area (Å²) in [5, 5.41) is 0. The monoisotopic (exact) mass is 291 g/mol. The fourth-order valence-electron chi connectivity index (χ4n) is 0.972. The Hall–Kier alpha value is -1.42. The van der Waals surface area contributed by atoms with Crippen LogP contribution in [0, 0.1) is 0 Å². The molecular weight excluding hydrogens is 287 g/mol. The average molecular weight is 292 g/mol. The number of nitrogens with two attached hydrogens (primary N) is 2. The fourth-order valence-corrected chi connectivity index (χ4v) is 2.07. The van der Waals surface area contributed by atoms with Crippen molar-refractivity contribution in [2.75, 3.05) is 11.5 Å². The van der Waals surface area contributed by atoms with Crippen LogP contribution < -0.4 is 16.2 Å². The van der Waals surface area contributed by atoms with E-state index in [1.54, 1.807) is 0 Å². The Morgan fingerprint density at radius 2 is 1.88 bits per heavy atom. The van der Waals surface area contributed by atoms with E-state index in [9.17, 15) is 21.6 Å². The SMILES string of the molecule is Nc1cc(N)c(S(=O)(=O)Cl)c(OC(F)(F)F)n1. The van der Waals surface area contributed by atoms with Crippen LogP contribution in [0.2, 0.25) is 0 Å². The zero-order chi connectivity index (χ0) is 13.4. The molecule has 0 saturated carbocycles. The summed E-state index contributed by atoms with van der Waals surface area (Å²) >= 11 is 0. The van der Waals surface area contributed by atoms with Crippen molar-refractivity contribution in [2.24, 2.45) is 0 Å². The molecule has 0 aliphatic rings. The van der Waals surface area contributed by atoms with E-state index in [0.29, 0.717) is 0 Å². The second-order valence-corrected chi connectivity index (χ2v) is 5.26. The lowest BCUT2D eigenvalue weighted by molar-refractivity contribution is -0.277. The number of pyridine rings is 1. The third kappa shape index (κ3) is 3.53. The van der Waals surface area contributed by atoms with Gasteiger partial charge >= 0.3 is 6.36 Å². The molecule has 0 atom stereocenters. The summed E-state index contributed by atoms with van der Waals surface area (Å²) in [6.07, 6.45) is -5.15. The minimum Gasteiger partial charge on any atom is -0.397 e. The zero-order valence-electron chi connectivity index (χ0n) is 7.82. The molecule has 1 aromatic rings. The predicted molar refractivity (Wildman–Crippen MR) is 52.8 cm³/mol. The second kappa shape index (κ2) is 4.11. The molecule has 0 radical (unpaired) electrons. The van der Waals surface area contributed by atoms with Gasteiger partial charge in [-0.15, -0.1) is 13.2 Å². The molecule has 4 N–H and O–H groups in total. The van der Waals surface area contributed by atoms with Crippen LogP contribution in [-0.2, 0) is 9.05 Å². The molecule has 0 bridgehead atoms. The van der Waals surface area contributed by atoms with Crippen molar-refractivity contribution < 1.29 is 26.3 Å². The highest BCUT2D eigenvalue weighted by Gasteiger charge is 2.36. The van der Waals surface area contributed by atoms with Gasteiger partial charge in [0.05, 0.1) is 5.69 Å². The van der Waals surface area contributed by atoms with Gasteiger partial charge in [-0.2, -0.15) is 4.98 Å². The smallest absolute Gasteiger partial charge is 0.397 e. The molecule has 1 heterocycles. The standard InChI is InChI=1S/C6H5ClF3N3O3S/c7-17(14,15)4-2(11)1-3(12)13-5(4)16-6(8,9)10/h1H,(H4,11,12,13). The molecule has 0 amide bonds. The molecule has 0 saturated heterocycles. The molecule has 11 heteroatoms. The first-order valence-corrected chi connectivity index (χ1v) is 6.08. The Kier molecular flexibility index (Phi) is 3.30. The van der Waals surface area contributed by atoms with Crippen LogP contribution in [0.5, 0.6) is 5.88 Å². The van der Waals surface area contributed by atoms with Crippen LogP contribution in [-0.4, -0.2) is 19.8 Å². The number of nitrogens with zero attached hydrogens (tertiary/aromatic N) is 1. The van der Waals surface area contributed by atoms with Gasteiger partial charge in [0.2, 0.25) is 5.88 Å². The van der Waals surface area contributed by atoms with E-state index in [-0.39, 0.29) is 0 Å². The number of halogens is 4. The maximum atomic E-state index is 12.0. The molecule has 0 aromatic carbocycles. The quantitative estimate of drug-likeness (QED) is 0.789. The maximum Gasteiger partial charge on any atom is 0.574 e. The first-order valence-electron chi connectivity index (χ1n) is 3.77. The van der Waals surface area contributed by atoms with E-state index in [4.69, 9.17) is 22.1 Å². The number of ether oxygens (including phenoxy) is 1. The number of rotatable bonds is 2. The summed E-state index contributed by atoms with van der Waals surface area (Å²) in [7, 11) is 0.365. The van der Waals surface area contributed by atoms with E-state index < -0.39 is 37.7 Å². The molecular formula is C6H5ClF3N3O3S. The van der Waals surface area contributed by atoms with Crippen molar-refractivity contribution in [3.63, 3.8) is 0 Å². The van der Waals surface area contributed by atoms with Gasteiger partial charge in [0, 0.05) is 16.7 Å². The van der Waals surface area contributed by atoms with Gasteiger partial charge in [-0.05, 0) is 0 Å². The highest BCUT2D eigenvalue weighted by Crippen LogP contribution is 2.35. The molecule has 0 aliphatic carbocycles. The number of aromatic nitrogens is 1. The minimum atomic E-state index is -5.15. The van der Waals surface area contributed by atoms with E-state index in [1.807, 2.05) is 0 Å². The van der Waals surface area contributed by atoms with E-state index in [0.717, 1.165) is 6.07 Å². The van der Waals surface area contributed by atoms with Gasteiger partial charge in [0.1, 0.15) is 5.82 Å². The van der Waals surface area contributed by atoms with Gasteiger partial charge in [-0.1, -0.05) is 0 Å².